The fourth-order valence-corrected chi connectivity index (χ4v) is 3.68. The molecule has 112 valence electrons. The molecule has 2 aromatic carbocycles. The minimum Gasteiger partial charge on any atom is -0.301 e. The van der Waals surface area contributed by atoms with Crippen LogP contribution in [0.25, 0.3) is 15.1 Å². The predicted octanol–water partition coefficient (Wildman–Crippen LogP) is 4.52. The second-order valence-corrected chi connectivity index (χ2v) is 6.72. The van der Waals surface area contributed by atoms with E-state index >= 15 is 0 Å². The minimum atomic E-state index is -0.402. The van der Waals surface area contributed by atoms with Crippen LogP contribution in [0.5, 0.6) is 0 Å². The molecule has 4 nitrogen and oxygen atoms in total. The van der Waals surface area contributed by atoms with Crippen LogP contribution >= 0.6 is 11.3 Å². The van der Waals surface area contributed by atoms with Crippen molar-refractivity contribution >= 4 is 38.3 Å². The molecule has 5 heteroatoms. The number of nitrogens with one attached hydrogen (secondary N) is 1. The molecule has 0 saturated heterocycles. The number of amides is 1. The van der Waals surface area contributed by atoms with Gasteiger partial charge < -0.3 is 5.32 Å². The third-order valence-corrected chi connectivity index (χ3v) is 5.17. The first-order chi connectivity index (χ1) is 11.2. The van der Waals surface area contributed by atoms with E-state index in [1.165, 1.54) is 11.3 Å². The molecule has 0 bridgehead atoms. The van der Waals surface area contributed by atoms with Crippen LogP contribution in [-0.2, 0) is 10.2 Å². The Kier molecular flexibility index (Phi) is 3.14. The molecular formula is C18H13N3OS. The van der Waals surface area contributed by atoms with E-state index in [0.29, 0.717) is 10.8 Å². The van der Waals surface area contributed by atoms with E-state index in [2.05, 4.69) is 15.1 Å². The molecule has 0 spiro atoms. The zero-order valence-electron chi connectivity index (χ0n) is 12.2. The lowest BCUT2D eigenvalue weighted by atomic mass is 9.95. The molecule has 3 aromatic rings. The SMILES string of the molecule is [C-]#[N+]c1ccc2nc(NC(=O)C3(c4ccccc4)CC3)sc2c1. The number of hydrogen-bond acceptors (Lipinski definition) is 3. The lowest BCUT2D eigenvalue weighted by Crippen LogP contribution is -2.27. The van der Waals surface area contributed by atoms with Gasteiger partial charge in [0.05, 0.1) is 17.5 Å². The molecular weight excluding hydrogens is 306 g/mol. The average molecular weight is 319 g/mol. The lowest BCUT2D eigenvalue weighted by molar-refractivity contribution is -0.118. The van der Waals surface area contributed by atoms with Crippen molar-refractivity contribution in [2.45, 2.75) is 18.3 Å². The van der Waals surface area contributed by atoms with E-state index in [-0.39, 0.29) is 5.91 Å². The summed E-state index contributed by atoms with van der Waals surface area (Å²) < 4.78 is 0.915. The van der Waals surface area contributed by atoms with Crippen molar-refractivity contribution in [1.82, 2.24) is 4.98 Å². The molecule has 1 aromatic heterocycles. The highest BCUT2D eigenvalue weighted by atomic mass is 32.1. The number of fused-ring (bicyclic) bond motifs is 1. The summed E-state index contributed by atoms with van der Waals surface area (Å²) in [5.41, 5.74) is 2.05. The van der Waals surface area contributed by atoms with Gasteiger partial charge in [0.1, 0.15) is 0 Å². The van der Waals surface area contributed by atoms with Gasteiger partial charge in [0.25, 0.3) is 0 Å². The summed E-state index contributed by atoms with van der Waals surface area (Å²) in [5.74, 6) is 0.00755. The van der Waals surface area contributed by atoms with Crippen LogP contribution in [0, 0.1) is 6.57 Å². The summed E-state index contributed by atoms with van der Waals surface area (Å²) in [6.45, 7) is 7.06. The number of carbonyl (C=O) groups excluding carboxylic acids is 1. The molecule has 1 aliphatic carbocycles. The Morgan fingerprint density at radius 2 is 2.00 bits per heavy atom. The molecule has 0 atom stereocenters. The van der Waals surface area contributed by atoms with Gasteiger partial charge in [-0.05, 0) is 30.5 Å². The summed E-state index contributed by atoms with van der Waals surface area (Å²) in [7, 11) is 0. The second-order valence-electron chi connectivity index (χ2n) is 5.69. The number of nitrogens with zero attached hydrogens (tertiary/aromatic N) is 2. The predicted molar refractivity (Wildman–Crippen MR) is 91.9 cm³/mol. The molecule has 0 radical (unpaired) electrons. The Balaban J connectivity index is 1.61. The lowest BCUT2D eigenvalue weighted by Gasteiger charge is -2.14. The second kappa shape index (κ2) is 5.18. The van der Waals surface area contributed by atoms with Gasteiger partial charge >= 0.3 is 0 Å². The number of thiazole rings is 1. The van der Waals surface area contributed by atoms with Crippen LogP contribution in [-0.4, -0.2) is 10.9 Å². The van der Waals surface area contributed by atoms with Crippen molar-refractivity contribution in [2.75, 3.05) is 5.32 Å². The van der Waals surface area contributed by atoms with E-state index < -0.39 is 5.41 Å². The standard InChI is InChI=1S/C18H13N3OS/c1-19-13-7-8-14-15(11-13)23-17(20-14)21-16(22)18(9-10-18)12-5-3-2-4-6-12/h2-8,11H,9-10H2,(H,20,21,22). The normalized spacial score (nSPS) is 15.1. The van der Waals surface area contributed by atoms with E-state index in [1.54, 1.807) is 12.1 Å². The molecule has 0 unspecified atom stereocenters. The van der Waals surface area contributed by atoms with Crippen LogP contribution in [0.15, 0.2) is 48.5 Å². The summed E-state index contributed by atoms with van der Waals surface area (Å²) in [6, 6.07) is 15.3. The van der Waals surface area contributed by atoms with Crippen molar-refractivity contribution in [3.63, 3.8) is 0 Å². The minimum absolute atomic E-state index is 0.00755. The molecule has 1 heterocycles. The molecule has 0 aliphatic heterocycles. The van der Waals surface area contributed by atoms with E-state index in [1.807, 2.05) is 36.4 Å². The van der Waals surface area contributed by atoms with Crippen LogP contribution in [0.2, 0.25) is 0 Å². The molecule has 1 N–H and O–H groups in total. The van der Waals surface area contributed by atoms with Gasteiger partial charge in [-0.15, -0.1) is 0 Å². The van der Waals surface area contributed by atoms with Gasteiger partial charge in [0.15, 0.2) is 10.8 Å². The molecule has 23 heavy (non-hydrogen) atoms. The van der Waals surface area contributed by atoms with Gasteiger partial charge in [0, 0.05) is 4.70 Å². The maximum absolute atomic E-state index is 12.7. The highest BCUT2D eigenvalue weighted by Crippen LogP contribution is 2.49. The number of anilines is 1. The van der Waals surface area contributed by atoms with Crippen LogP contribution < -0.4 is 5.32 Å². The molecule has 4 rings (SSSR count). The van der Waals surface area contributed by atoms with Gasteiger partial charge in [-0.3, -0.25) is 4.79 Å². The maximum Gasteiger partial charge on any atom is 0.236 e. The Labute approximate surface area is 137 Å². The third kappa shape index (κ3) is 2.37. The molecule has 1 fully saturated rings. The fourth-order valence-electron chi connectivity index (χ4n) is 2.78. The first-order valence-corrected chi connectivity index (χ1v) is 8.18. The van der Waals surface area contributed by atoms with Gasteiger partial charge in [-0.1, -0.05) is 47.7 Å². The van der Waals surface area contributed by atoms with Crippen molar-refractivity contribution in [3.8, 4) is 0 Å². The van der Waals surface area contributed by atoms with Crippen molar-refractivity contribution < 1.29 is 4.79 Å². The van der Waals surface area contributed by atoms with Gasteiger partial charge in [-0.25, -0.2) is 9.83 Å². The first-order valence-electron chi connectivity index (χ1n) is 7.36. The molecule has 1 amide bonds. The first kappa shape index (κ1) is 13.9. The largest absolute Gasteiger partial charge is 0.301 e. The zero-order chi connectivity index (χ0) is 15.9. The molecule has 1 saturated carbocycles. The van der Waals surface area contributed by atoms with Gasteiger partial charge in [0.2, 0.25) is 5.91 Å². The van der Waals surface area contributed by atoms with Crippen LogP contribution in [0.3, 0.4) is 0 Å². The highest BCUT2D eigenvalue weighted by Gasteiger charge is 2.51. The Hall–Kier alpha value is -2.71. The monoisotopic (exact) mass is 319 g/mol. The van der Waals surface area contributed by atoms with Crippen LogP contribution in [0.1, 0.15) is 18.4 Å². The Morgan fingerprint density at radius 3 is 2.70 bits per heavy atom. The van der Waals surface area contributed by atoms with E-state index in [0.717, 1.165) is 28.6 Å². The third-order valence-electron chi connectivity index (χ3n) is 4.23. The van der Waals surface area contributed by atoms with Gasteiger partial charge in [-0.2, -0.15) is 0 Å². The molecule has 1 aliphatic rings. The summed E-state index contributed by atoms with van der Waals surface area (Å²) >= 11 is 1.41. The zero-order valence-corrected chi connectivity index (χ0v) is 13.1. The number of carbonyl (C=O) groups is 1. The number of benzene rings is 2. The Bertz CT molecular complexity index is 936. The summed E-state index contributed by atoms with van der Waals surface area (Å²) in [4.78, 5) is 20.6. The van der Waals surface area contributed by atoms with Crippen molar-refractivity contribution in [2.24, 2.45) is 0 Å². The van der Waals surface area contributed by atoms with E-state index in [4.69, 9.17) is 6.57 Å². The number of hydrogen-bond donors (Lipinski definition) is 1. The number of rotatable bonds is 3. The summed E-state index contributed by atoms with van der Waals surface area (Å²) in [6.07, 6.45) is 1.74. The summed E-state index contributed by atoms with van der Waals surface area (Å²) in [5, 5.41) is 3.55. The highest BCUT2D eigenvalue weighted by molar-refractivity contribution is 7.22. The fraction of sp³-hybridized carbons (Fsp3) is 0.167. The van der Waals surface area contributed by atoms with Crippen molar-refractivity contribution in [1.29, 1.82) is 0 Å². The van der Waals surface area contributed by atoms with Crippen molar-refractivity contribution in [3.05, 3.63) is 65.5 Å². The maximum atomic E-state index is 12.7. The van der Waals surface area contributed by atoms with Crippen LogP contribution in [0.4, 0.5) is 10.8 Å². The van der Waals surface area contributed by atoms with E-state index in [9.17, 15) is 4.79 Å². The quantitative estimate of drug-likeness (QED) is 0.722. The Morgan fingerprint density at radius 1 is 1.22 bits per heavy atom. The smallest absolute Gasteiger partial charge is 0.236 e. The number of aromatic nitrogens is 1. The average Bonchev–Trinajstić information content (AvgIpc) is 3.31. The topological polar surface area (TPSA) is 46.4 Å².